The summed E-state index contributed by atoms with van der Waals surface area (Å²) in [6.07, 6.45) is 8.99. The molecule has 0 atom stereocenters. The average Bonchev–Trinajstić information content (AvgIpc) is 3.16. The Hall–Kier alpha value is -1.61. The zero-order valence-electron chi connectivity index (χ0n) is 11.9. The highest BCUT2D eigenvalue weighted by molar-refractivity contribution is 5.62. The summed E-state index contributed by atoms with van der Waals surface area (Å²) in [5.41, 5.74) is 3.60. The molecule has 2 N–H and O–H groups in total. The molecule has 1 fully saturated rings. The van der Waals surface area contributed by atoms with Gasteiger partial charge in [-0.15, -0.1) is 0 Å². The van der Waals surface area contributed by atoms with Gasteiger partial charge in [0.1, 0.15) is 0 Å². The fourth-order valence-corrected chi connectivity index (χ4v) is 3.13. The quantitative estimate of drug-likeness (QED) is 0.784. The maximum absolute atomic E-state index is 4.19. The number of hydrogen-bond acceptors (Lipinski definition) is 2. The minimum absolute atomic E-state index is 0.896. The van der Waals surface area contributed by atoms with Crippen molar-refractivity contribution in [3.05, 3.63) is 42.1 Å². The van der Waals surface area contributed by atoms with Crippen LogP contribution in [0.1, 0.15) is 37.7 Å². The lowest BCUT2D eigenvalue weighted by Crippen LogP contribution is -2.17. The highest BCUT2D eigenvalue weighted by Crippen LogP contribution is 2.27. The Morgan fingerprint density at radius 1 is 1.15 bits per heavy atom. The van der Waals surface area contributed by atoms with Crippen LogP contribution in [0, 0.1) is 5.92 Å². The van der Waals surface area contributed by atoms with E-state index >= 15 is 0 Å². The third kappa shape index (κ3) is 3.28. The highest BCUT2D eigenvalue weighted by Gasteiger charge is 2.14. The van der Waals surface area contributed by atoms with Gasteiger partial charge in [0.05, 0.1) is 11.9 Å². The van der Waals surface area contributed by atoms with Crippen LogP contribution in [0.15, 0.2) is 36.5 Å². The molecular weight excluding hydrogens is 246 g/mol. The molecule has 1 aromatic carbocycles. The molecule has 1 heterocycles. The highest BCUT2D eigenvalue weighted by atomic mass is 15.1. The van der Waals surface area contributed by atoms with E-state index in [4.69, 9.17) is 0 Å². The van der Waals surface area contributed by atoms with Crippen LogP contribution in [-0.2, 0) is 6.54 Å². The Bertz CT molecular complexity index is 512. The number of hydrogen-bond donors (Lipinski definition) is 2. The summed E-state index contributed by atoms with van der Waals surface area (Å²) in [5.74, 6) is 0.959. The van der Waals surface area contributed by atoms with Crippen LogP contribution in [0.3, 0.4) is 0 Å². The second kappa shape index (κ2) is 6.71. The van der Waals surface area contributed by atoms with Gasteiger partial charge < -0.3 is 5.32 Å². The van der Waals surface area contributed by atoms with Crippen molar-refractivity contribution in [1.29, 1.82) is 0 Å². The minimum atomic E-state index is 0.896. The number of aromatic amines is 1. The fraction of sp³-hybridized carbons (Fsp3) is 0.471. The molecule has 1 aliphatic rings. The zero-order valence-corrected chi connectivity index (χ0v) is 11.9. The molecule has 2 aromatic rings. The van der Waals surface area contributed by atoms with E-state index in [1.165, 1.54) is 43.2 Å². The van der Waals surface area contributed by atoms with E-state index in [1.54, 1.807) is 0 Å². The molecule has 0 spiro atoms. The summed E-state index contributed by atoms with van der Waals surface area (Å²) < 4.78 is 0. The summed E-state index contributed by atoms with van der Waals surface area (Å²) in [6.45, 7) is 2.01. The minimum Gasteiger partial charge on any atom is -0.313 e. The van der Waals surface area contributed by atoms with Crippen molar-refractivity contribution in [2.24, 2.45) is 5.92 Å². The summed E-state index contributed by atoms with van der Waals surface area (Å²) >= 11 is 0. The first-order valence-electron chi connectivity index (χ1n) is 7.72. The van der Waals surface area contributed by atoms with E-state index in [-0.39, 0.29) is 0 Å². The van der Waals surface area contributed by atoms with E-state index in [0.29, 0.717) is 0 Å². The fourth-order valence-electron chi connectivity index (χ4n) is 3.13. The van der Waals surface area contributed by atoms with Crippen molar-refractivity contribution in [2.75, 3.05) is 6.54 Å². The smallest absolute Gasteiger partial charge is 0.0695 e. The van der Waals surface area contributed by atoms with Gasteiger partial charge in [0.25, 0.3) is 0 Å². The van der Waals surface area contributed by atoms with Crippen LogP contribution < -0.4 is 5.32 Å². The van der Waals surface area contributed by atoms with Crippen molar-refractivity contribution in [2.45, 2.75) is 38.6 Å². The van der Waals surface area contributed by atoms with Gasteiger partial charge >= 0.3 is 0 Å². The van der Waals surface area contributed by atoms with Crippen molar-refractivity contribution in [1.82, 2.24) is 15.5 Å². The summed E-state index contributed by atoms with van der Waals surface area (Å²) in [4.78, 5) is 0. The summed E-state index contributed by atoms with van der Waals surface area (Å²) in [5, 5.41) is 10.9. The lowest BCUT2D eigenvalue weighted by molar-refractivity contribution is 0.477. The van der Waals surface area contributed by atoms with Crippen LogP contribution in [-0.4, -0.2) is 16.7 Å². The third-order valence-corrected chi connectivity index (χ3v) is 4.30. The lowest BCUT2D eigenvalue weighted by atomic mass is 10.0. The Labute approximate surface area is 120 Å². The van der Waals surface area contributed by atoms with Crippen molar-refractivity contribution >= 4 is 0 Å². The normalized spacial score (nSPS) is 15.8. The van der Waals surface area contributed by atoms with Gasteiger partial charge in [0.2, 0.25) is 0 Å². The van der Waals surface area contributed by atoms with E-state index < -0.39 is 0 Å². The molecule has 1 aliphatic carbocycles. The molecule has 106 valence electrons. The monoisotopic (exact) mass is 269 g/mol. The molecule has 3 nitrogen and oxygen atoms in total. The SMILES string of the molecule is c1ccc(-c2[nH]ncc2CNCCC2CCCC2)cc1. The van der Waals surface area contributed by atoms with Gasteiger partial charge in [-0.3, -0.25) is 5.10 Å². The number of benzene rings is 1. The van der Waals surface area contributed by atoms with Crippen LogP contribution in [0.4, 0.5) is 0 Å². The summed E-state index contributed by atoms with van der Waals surface area (Å²) in [6, 6.07) is 10.4. The number of rotatable bonds is 6. The van der Waals surface area contributed by atoms with Crippen molar-refractivity contribution < 1.29 is 0 Å². The molecule has 3 rings (SSSR count). The maximum atomic E-state index is 4.19. The molecule has 0 amide bonds. The first kappa shape index (κ1) is 13.4. The number of H-pyrrole nitrogens is 1. The number of aromatic nitrogens is 2. The van der Waals surface area contributed by atoms with Crippen LogP contribution in [0.2, 0.25) is 0 Å². The standard InChI is InChI=1S/C17H23N3/c1-2-8-15(9-3-1)17-16(13-19-20-17)12-18-11-10-14-6-4-5-7-14/h1-3,8-9,13-14,18H,4-7,10-12H2,(H,19,20). The van der Waals surface area contributed by atoms with E-state index in [2.05, 4.69) is 39.8 Å². The first-order valence-corrected chi connectivity index (χ1v) is 7.72. The van der Waals surface area contributed by atoms with Crippen LogP contribution in [0.25, 0.3) is 11.3 Å². The van der Waals surface area contributed by atoms with Crippen molar-refractivity contribution in [3.8, 4) is 11.3 Å². The molecule has 1 saturated carbocycles. The third-order valence-electron chi connectivity index (χ3n) is 4.30. The van der Waals surface area contributed by atoms with E-state index in [9.17, 15) is 0 Å². The second-order valence-corrected chi connectivity index (χ2v) is 5.75. The largest absolute Gasteiger partial charge is 0.313 e. The molecule has 20 heavy (non-hydrogen) atoms. The lowest BCUT2D eigenvalue weighted by Gasteiger charge is -2.10. The van der Waals surface area contributed by atoms with Crippen LogP contribution >= 0.6 is 0 Å². The Morgan fingerprint density at radius 3 is 2.75 bits per heavy atom. The maximum Gasteiger partial charge on any atom is 0.0695 e. The molecule has 1 aromatic heterocycles. The Morgan fingerprint density at radius 2 is 1.95 bits per heavy atom. The van der Waals surface area contributed by atoms with Gasteiger partial charge in [-0.25, -0.2) is 0 Å². The van der Waals surface area contributed by atoms with Gasteiger partial charge in [-0.1, -0.05) is 56.0 Å². The zero-order chi connectivity index (χ0) is 13.6. The Balaban J connectivity index is 1.52. The number of nitrogens with zero attached hydrogens (tertiary/aromatic N) is 1. The first-order chi connectivity index (χ1) is 9.93. The van der Waals surface area contributed by atoms with Gasteiger partial charge in [0.15, 0.2) is 0 Å². The van der Waals surface area contributed by atoms with Gasteiger partial charge in [-0.05, 0) is 24.4 Å². The van der Waals surface area contributed by atoms with Gasteiger partial charge in [-0.2, -0.15) is 5.10 Å². The van der Waals surface area contributed by atoms with E-state index in [0.717, 1.165) is 24.7 Å². The Kier molecular flexibility index (Phi) is 4.49. The molecule has 3 heteroatoms. The molecule has 0 radical (unpaired) electrons. The number of nitrogens with one attached hydrogen (secondary N) is 2. The van der Waals surface area contributed by atoms with Gasteiger partial charge in [0, 0.05) is 12.1 Å². The molecule has 0 unspecified atom stereocenters. The predicted octanol–water partition coefficient (Wildman–Crippen LogP) is 3.75. The molecule has 0 aliphatic heterocycles. The van der Waals surface area contributed by atoms with Crippen molar-refractivity contribution in [3.63, 3.8) is 0 Å². The molecule has 0 bridgehead atoms. The topological polar surface area (TPSA) is 40.7 Å². The second-order valence-electron chi connectivity index (χ2n) is 5.75. The summed E-state index contributed by atoms with van der Waals surface area (Å²) in [7, 11) is 0. The van der Waals surface area contributed by atoms with E-state index in [1.807, 2.05) is 12.3 Å². The molecular formula is C17H23N3. The van der Waals surface area contributed by atoms with Crippen LogP contribution in [0.5, 0.6) is 0 Å². The average molecular weight is 269 g/mol. The predicted molar refractivity (Wildman–Crippen MR) is 82.3 cm³/mol. The molecule has 0 saturated heterocycles.